The first kappa shape index (κ1) is 19.8. The van der Waals surface area contributed by atoms with Gasteiger partial charge in [-0.1, -0.05) is 19.4 Å². The molecule has 2 aromatic rings. The van der Waals surface area contributed by atoms with E-state index in [0.29, 0.717) is 12.6 Å². The second-order valence-corrected chi connectivity index (χ2v) is 7.15. The minimum Gasteiger partial charge on any atom is -0.352 e. The number of nitrogens with one attached hydrogen (secondary N) is 2. The number of carbonyl (C=O) groups excluding carboxylic acids is 1. The zero-order valence-corrected chi connectivity index (χ0v) is 14.7. The first-order chi connectivity index (χ1) is 12.3. The van der Waals surface area contributed by atoms with Crippen molar-refractivity contribution >= 4 is 21.6 Å². The highest BCUT2D eigenvalue weighted by atomic mass is 32.2. The molecule has 9 heteroatoms. The van der Waals surface area contributed by atoms with Crippen LogP contribution < -0.4 is 10.0 Å². The molecule has 0 atom stereocenters. The van der Waals surface area contributed by atoms with Crippen LogP contribution in [0.5, 0.6) is 0 Å². The summed E-state index contributed by atoms with van der Waals surface area (Å²) in [6, 6.07) is 6.47. The van der Waals surface area contributed by atoms with Gasteiger partial charge in [0, 0.05) is 12.1 Å². The van der Waals surface area contributed by atoms with Crippen LogP contribution in [0.25, 0.3) is 0 Å². The Labute approximate surface area is 149 Å². The molecule has 2 N–H and O–H groups in total. The minimum atomic E-state index is -4.31. The molecule has 1 amide bonds. The fourth-order valence-corrected chi connectivity index (χ4v) is 3.20. The van der Waals surface area contributed by atoms with Crippen LogP contribution in [0.4, 0.5) is 18.9 Å². The van der Waals surface area contributed by atoms with Crippen LogP contribution in [0.15, 0.2) is 41.3 Å². The maximum Gasteiger partial charge on any atom is 0.262 e. The van der Waals surface area contributed by atoms with E-state index >= 15 is 0 Å². The summed E-state index contributed by atoms with van der Waals surface area (Å²) in [5.41, 5.74) is -0.628. The summed E-state index contributed by atoms with van der Waals surface area (Å²) in [6.07, 6.45) is 1.67. The van der Waals surface area contributed by atoms with Crippen LogP contribution in [-0.2, 0) is 10.0 Å². The quantitative estimate of drug-likeness (QED) is 0.565. The molecule has 0 radical (unpaired) electrons. The Bertz CT molecular complexity index is 917. The van der Waals surface area contributed by atoms with Gasteiger partial charge in [0.25, 0.3) is 15.9 Å². The van der Waals surface area contributed by atoms with Gasteiger partial charge in [-0.2, -0.15) is 0 Å². The zero-order valence-electron chi connectivity index (χ0n) is 13.9. The molecule has 0 aliphatic heterocycles. The molecule has 0 spiro atoms. The van der Waals surface area contributed by atoms with Crippen LogP contribution in [-0.4, -0.2) is 20.9 Å². The summed E-state index contributed by atoms with van der Waals surface area (Å²) in [4.78, 5) is 11.7. The van der Waals surface area contributed by atoms with E-state index in [1.165, 1.54) is 18.2 Å². The molecule has 0 bridgehead atoms. The van der Waals surface area contributed by atoms with Crippen LogP contribution >= 0.6 is 0 Å². The molecule has 0 saturated carbocycles. The Hall–Kier alpha value is -2.55. The number of carbonyl (C=O) groups is 1. The predicted molar refractivity (Wildman–Crippen MR) is 90.8 cm³/mol. The number of halogens is 3. The van der Waals surface area contributed by atoms with E-state index in [1.54, 1.807) is 0 Å². The van der Waals surface area contributed by atoms with Gasteiger partial charge in [0.15, 0.2) is 17.5 Å². The van der Waals surface area contributed by atoms with Gasteiger partial charge >= 0.3 is 0 Å². The summed E-state index contributed by atoms with van der Waals surface area (Å²) in [7, 11) is -4.31. The highest BCUT2D eigenvalue weighted by Gasteiger charge is 2.21. The van der Waals surface area contributed by atoms with Crippen molar-refractivity contribution < 1.29 is 26.4 Å². The van der Waals surface area contributed by atoms with Gasteiger partial charge < -0.3 is 5.32 Å². The fourth-order valence-electron chi connectivity index (χ4n) is 2.09. The lowest BCUT2D eigenvalue weighted by Crippen LogP contribution is -2.24. The number of hydrogen-bond acceptors (Lipinski definition) is 3. The minimum absolute atomic E-state index is 0.106. The van der Waals surface area contributed by atoms with E-state index in [9.17, 15) is 26.4 Å². The number of amides is 1. The Kier molecular flexibility index (Phi) is 6.25. The molecule has 2 rings (SSSR count). The standard InChI is InChI=1S/C17H17F3N2O3S/c1-2-3-9-21-17(23)11-5-4-6-12(10-11)26(24,25)22-14-8-7-13(18)15(19)16(14)20/h4-8,10,22H,2-3,9H2,1H3,(H,21,23). The number of sulfonamides is 1. The molecule has 0 aliphatic rings. The number of anilines is 1. The average molecular weight is 386 g/mol. The predicted octanol–water partition coefficient (Wildman–Crippen LogP) is 3.43. The molecule has 0 saturated heterocycles. The molecule has 140 valence electrons. The first-order valence-corrected chi connectivity index (χ1v) is 9.29. The molecule has 0 heterocycles. The van der Waals surface area contributed by atoms with E-state index in [4.69, 9.17) is 0 Å². The fraction of sp³-hybridized carbons (Fsp3) is 0.235. The molecular weight excluding hydrogens is 369 g/mol. The van der Waals surface area contributed by atoms with E-state index in [1.807, 2.05) is 11.6 Å². The summed E-state index contributed by atoms with van der Waals surface area (Å²) in [5, 5.41) is 2.65. The number of unbranched alkanes of at least 4 members (excludes halogenated alkanes) is 1. The van der Waals surface area contributed by atoms with E-state index in [0.717, 1.165) is 25.0 Å². The van der Waals surface area contributed by atoms with Crippen molar-refractivity contribution in [1.29, 1.82) is 0 Å². The van der Waals surface area contributed by atoms with Crippen molar-refractivity contribution in [1.82, 2.24) is 5.32 Å². The number of hydrogen-bond donors (Lipinski definition) is 2. The van der Waals surface area contributed by atoms with Gasteiger partial charge in [-0.25, -0.2) is 21.6 Å². The summed E-state index contributed by atoms with van der Waals surface area (Å²) < 4.78 is 66.4. The average Bonchev–Trinajstić information content (AvgIpc) is 2.62. The van der Waals surface area contributed by atoms with Crippen LogP contribution in [0.1, 0.15) is 30.1 Å². The topological polar surface area (TPSA) is 75.3 Å². The third-order valence-electron chi connectivity index (χ3n) is 3.50. The van der Waals surface area contributed by atoms with Crippen molar-refractivity contribution in [3.63, 3.8) is 0 Å². The lowest BCUT2D eigenvalue weighted by atomic mass is 10.2. The van der Waals surface area contributed by atoms with Crippen molar-refractivity contribution in [3.05, 3.63) is 59.4 Å². The Balaban J connectivity index is 2.26. The van der Waals surface area contributed by atoms with Gasteiger partial charge in [0.2, 0.25) is 0 Å². The van der Waals surface area contributed by atoms with Gasteiger partial charge in [-0.3, -0.25) is 9.52 Å². The van der Waals surface area contributed by atoms with Gasteiger partial charge in [0.1, 0.15) is 0 Å². The monoisotopic (exact) mass is 386 g/mol. The molecular formula is C17H17F3N2O3S. The Morgan fingerprint density at radius 3 is 2.50 bits per heavy atom. The Morgan fingerprint density at radius 2 is 1.81 bits per heavy atom. The SMILES string of the molecule is CCCCNC(=O)c1cccc(S(=O)(=O)Nc2ccc(F)c(F)c2F)c1. The molecule has 0 unspecified atom stereocenters. The summed E-state index contributed by atoms with van der Waals surface area (Å²) >= 11 is 0. The smallest absolute Gasteiger partial charge is 0.262 e. The maximum atomic E-state index is 13.7. The summed E-state index contributed by atoms with van der Waals surface area (Å²) in [5.74, 6) is -5.32. The normalized spacial score (nSPS) is 11.2. The number of benzene rings is 2. The first-order valence-electron chi connectivity index (χ1n) is 7.81. The third-order valence-corrected chi connectivity index (χ3v) is 4.87. The van der Waals surface area contributed by atoms with Gasteiger partial charge in [0.05, 0.1) is 10.6 Å². The van der Waals surface area contributed by atoms with Crippen LogP contribution in [0.2, 0.25) is 0 Å². The highest BCUT2D eigenvalue weighted by molar-refractivity contribution is 7.92. The largest absolute Gasteiger partial charge is 0.352 e. The van der Waals surface area contributed by atoms with Crippen LogP contribution in [0.3, 0.4) is 0 Å². The third kappa shape index (κ3) is 4.54. The highest BCUT2D eigenvalue weighted by Crippen LogP contribution is 2.23. The summed E-state index contributed by atoms with van der Waals surface area (Å²) in [6.45, 7) is 2.41. The lowest BCUT2D eigenvalue weighted by Gasteiger charge is -2.11. The molecule has 5 nitrogen and oxygen atoms in total. The number of rotatable bonds is 7. The van der Waals surface area contributed by atoms with Crippen molar-refractivity contribution in [3.8, 4) is 0 Å². The second kappa shape index (κ2) is 8.22. The van der Waals surface area contributed by atoms with Crippen molar-refractivity contribution in [2.24, 2.45) is 0 Å². The maximum absolute atomic E-state index is 13.7. The molecule has 2 aromatic carbocycles. The van der Waals surface area contributed by atoms with Crippen molar-refractivity contribution in [2.45, 2.75) is 24.7 Å². The van der Waals surface area contributed by atoms with Gasteiger partial charge in [-0.15, -0.1) is 0 Å². The van der Waals surface area contributed by atoms with Gasteiger partial charge in [-0.05, 0) is 36.8 Å². The molecule has 0 aromatic heterocycles. The van der Waals surface area contributed by atoms with Crippen LogP contribution in [0, 0.1) is 17.5 Å². The lowest BCUT2D eigenvalue weighted by molar-refractivity contribution is 0.0953. The van der Waals surface area contributed by atoms with E-state index < -0.39 is 39.1 Å². The molecule has 0 fully saturated rings. The molecule has 26 heavy (non-hydrogen) atoms. The molecule has 0 aliphatic carbocycles. The second-order valence-electron chi connectivity index (χ2n) is 5.47. The van der Waals surface area contributed by atoms with E-state index in [-0.39, 0.29) is 10.5 Å². The zero-order chi connectivity index (χ0) is 19.3. The van der Waals surface area contributed by atoms with Crippen molar-refractivity contribution in [2.75, 3.05) is 11.3 Å². The Morgan fingerprint density at radius 1 is 1.08 bits per heavy atom. The van der Waals surface area contributed by atoms with E-state index in [2.05, 4.69) is 5.32 Å².